The zero-order valence-electron chi connectivity index (χ0n) is 13.2. The van der Waals surface area contributed by atoms with Crippen LogP contribution >= 0.6 is 0 Å². The van der Waals surface area contributed by atoms with Crippen molar-refractivity contribution in [2.75, 3.05) is 13.1 Å². The molecule has 0 radical (unpaired) electrons. The predicted molar refractivity (Wildman–Crippen MR) is 92.6 cm³/mol. The minimum absolute atomic E-state index is 0.547. The Morgan fingerprint density at radius 2 is 1.76 bits per heavy atom. The van der Waals surface area contributed by atoms with Crippen molar-refractivity contribution in [2.45, 2.75) is 50.5 Å². The van der Waals surface area contributed by atoms with Gasteiger partial charge in [-0.2, -0.15) is 0 Å². The zero-order chi connectivity index (χ0) is 14.9. The number of hydrogen-bond donors (Lipinski definition) is 0. The van der Waals surface area contributed by atoms with E-state index < -0.39 is 0 Å². The molecule has 1 saturated carbocycles. The van der Waals surface area contributed by atoms with Gasteiger partial charge in [0.15, 0.2) is 0 Å². The molecule has 0 spiro atoms. The Bertz CT molecular complexity index is 417. The van der Waals surface area contributed by atoms with E-state index in [-0.39, 0.29) is 0 Å². The third-order valence-electron chi connectivity index (χ3n) is 4.63. The molecule has 1 fully saturated rings. The molecule has 1 nitrogen and oxygen atoms in total. The first-order valence-electron chi connectivity index (χ1n) is 8.36. The molecule has 21 heavy (non-hydrogen) atoms. The van der Waals surface area contributed by atoms with Gasteiger partial charge in [0.1, 0.15) is 0 Å². The smallest absolute Gasteiger partial charge is 0.0163 e. The van der Waals surface area contributed by atoms with Crippen LogP contribution < -0.4 is 0 Å². The van der Waals surface area contributed by atoms with Gasteiger partial charge in [-0.05, 0) is 24.8 Å². The van der Waals surface area contributed by atoms with Crippen molar-refractivity contribution >= 4 is 0 Å². The lowest BCUT2D eigenvalue weighted by molar-refractivity contribution is 0.162. The highest BCUT2D eigenvalue weighted by atomic mass is 15.2. The standard InChI is InChI=1S/C20H29N/c1-3-11-19(18-12-7-5-8-13-18)17-21(16-4-2)20-14-9-6-10-15-20/h3-5,7-8,12-13,19-20H,1-2,6,9-11,14-17H2. The molecule has 0 aliphatic heterocycles. The SMILES string of the molecule is C=CCC(CN(CC=C)C1CCCCC1)c1ccccc1. The third-order valence-corrected chi connectivity index (χ3v) is 4.63. The Kier molecular flexibility index (Phi) is 6.75. The van der Waals surface area contributed by atoms with Crippen molar-refractivity contribution < 1.29 is 0 Å². The van der Waals surface area contributed by atoms with Crippen molar-refractivity contribution in [2.24, 2.45) is 0 Å². The molecular formula is C20H29N. The van der Waals surface area contributed by atoms with Crippen molar-refractivity contribution in [3.63, 3.8) is 0 Å². The van der Waals surface area contributed by atoms with Crippen molar-refractivity contribution in [1.82, 2.24) is 4.90 Å². The molecule has 1 aromatic rings. The summed E-state index contributed by atoms with van der Waals surface area (Å²) in [6.07, 6.45) is 12.0. The molecule has 0 amide bonds. The number of rotatable bonds is 8. The molecule has 0 heterocycles. The maximum Gasteiger partial charge on any atom is 0.0163 e. The Labute approximate surface area is 130 Å². The van der Waals surface area contributed by atoms with Gasteiger partial charge in [0, 0.05) is 25.0 Å². The first-order chi connectivity index (χ1) is 10.3. The van der Waals surface area contributed by atoms with Gasteiger partial charge in [0.05, 0.1) is 0 Å². The Morgan fingerprint density at radius 3 is 2.38 bits per heavy atom. The topological polar surface area (TPSA) is 3.24 Å². The molecular weight excluding hydrogens is 254 g/mol. The van der Waals surface area contributed by atoms with Crippen LogP contribution in [0, 0.1) is 0 Å². The van der Waals surface area contributed by atoms with Crippen LogP contribution in [-0.4, -0.2) is 24.0 Å². The second-order valence-electron chi connectivity index (χ2n) is 6.17. The average Bonchev–Trinajstić information content (AvgIpc) is 2.55. The largest absolute Gasteiger partial charge is 0.296 e. The highest BCUT2D eigenvalue weighted by molar-refractivity contribution is 5.20. The normalized spacial score (nSPS) is 17.6. The van der Waals surface area contributed by atoms with Gasteiger partial charge in [-0.25, -0.2) is 0 Å². The van der Waals surface area contributed by atoms with E-state index >= 15 is 0 Å². The minimum atomic E-state index is 0.547. The van der Waals surface area contributed by atoms with Gasteiger partial charge in [0.25, 0.3) is 0 Å². The molecule has 0 aromatic heterocycles. The molecule has 1 aliphatic carbocycles. The second kappa shape index (κ2) is 8.84. The highest BCUT2D eigenvalue weighted by Crippen LogP contribution is 2.27. The third kappa shape index (κ3) is 4.86. The molecule has 1 atom stereocenters. The van der Waals surface area contributed by atoms with Crippen LogP contribution in [0.2, 0.25) is 0 Å². The summed E-state index contributed by atoms with van der Waals surface area (Å²) in [5, 5.41) is 0. The minimum Gasteiger partial charge on any atom is -0.296 e. The van der Waals surface area contributed by atoms with E-state index in [9.17, 15) is 0 Å². The molecule has 114 valence electrons. The maximum absolute atomic E-state index is 3.96. The zero-order valence-corrected chi connectivity index (χ0v) is 13.2. The van der Waals surface area contributed by atoms with Crippen molar-refractivity contribution in [3.05, 3.63) is 61.2 Å². The summed E-state index contributed by atoms with van der Waals surface area (Å²) >= 11 is 0. The van der Waals surface area contributed by atoms with E-state index in [0.29, 0.717) is 5.92 Å². The summed E-state index contributed by atoms with van der Waals surface area (Å²) in [6, 6.07) is 11.6. The molecule has 1 aliphatic rings. The van der Waals surface area contributed by atoms with Gasteiger partial charge >= 0.3 is 0 Å². The fraction of sp³-hybridized carbons (Fsp3) is 0.500. The molecule has 0 bridgehead atoms. The summed E-state index contributed by atoms with van der Waals surface area (Å²) in [6.45, 7) is 10.0. The van der Waals surface area contributed by atoms with E-state index in [1.165, 1.54) is 37.7 Å². The number of benzene rings is 1. The summed E-state index contributed by atoms with van der Waals surface area (Å²) in [5.41, 5.74) is 1.43. The number of allylic oxidation sites excluding steroid dienone is 1. The second-order valence-corrected chi connectivity index (χ2v) is 6.17. The fourth-order valence-corrected chi connectivity index (χ4v) is 3.51. The first kappa shape index (κ1) is 16.0. The summed E-state index contributed by atoms with van der Waals surface area (Å²) in [7, 11) is 0. The monoisotopic (exact) mass is 283 g/mol. The van der Waals surface area contributed by atoms with Crippen LogP contribution in [0.1, 0.15) is 50.0 Å². The molecule has 2 rings (SSSR count). The molecule has 1 heteroatoms. The number of hydrogen-bond acceptors (Lipinski definition) is 1. The molecule has 0 N–H and O–H groups in total. The van der Waals surface area contributed by atoms with E-state index in [4.69, 9.17) is 0 Å². The lowest BCUT2D eigenvalue weighted by atomic mass is 9.91. The predicted octanol–water partition coefficient (Wildman–Crippen LogP) is 5.17. The van der Waals surface area contributed by atoms with Gasteiger partial charge in [0.2, 0.25) is 0 Å². The van der Waals surface area contributed by atoms with Crippen molar-refractivity contribution in [1.29, 1.82) is 0 Å². The highest BCUT2D eigenvalue weighted by Gasteiger charge is 2.23. The lowest BCUT2D eigenvalue weighted by Crippen LogP contribution is -2.39. The Hall–Kier alpha value is -1.34. The van der Waals surface area contributed by atoms with E-state index in [0.717, 1.165) is 25.6 Å². The number of nitrogens with zero attached hydrogens (tertiary/aromatic N) is 1. The van der Waals surface area contributed by atoms with Gasteiger partial charge < -0.3 is 0 Å². The maximum atomic E-state index is 3.96. The molecule has 0 saturated heterocycles. The fourth-order valence-electron chi connectivity index (χ4n) is 3.51. The van der Waals surface area contributed by atoms with Gasteiger partial charge in [-0.15, -0.1) is 13.2 Å². The van der Waals surface area contributed by atoms with Crippen molar-refractivity contribution in [3.8, 4) is 0 Å². The van der Waals surface area contributed by atoms with Crippen LogP contribution in [0.4, 0.5) is 0 Å². The van der Waals surface area contributed by atoms with Crippen LogP contribution in [-0.2, 0) is 0 Å². The van der Waals surface area contributed by atoms with Crippen LogP contribution in [0.3, 0.4) is 0 Å². The first-order valence-corrected chi connectivity index (χ1v) is 8.36. The quantitative estimate of drug-likeness (QED) is 0.595. The van der Waals surface area contributed by atoms with E-state index in [1.54, 1.807) is 0 Å². The summed E-state index contributed by atoms with van der Waals surface area (Å²) < 4.78 is 0. The van der Waals surface area contributed by atoms with Crippen LogP contribution in [0.5, 0.6) is 0 Å². The molecule has 1 unspecified atom stereocenters. The Morgan fingerprint density at radius 1 is 1.05 bits per heavy atom. The average molecular weight is 283 g/mol. The summed E-state index contributed by atoms with van der Waals surface area (Å²) in [4.78, 5) is 2.65. The van der Waals surface area contributed by atoms with Crippen LogP contribution in [0.15, 0.2) is 55.6 Å². The Balaban J connectivity index is 2.07. The van der Waals surface area contributed by atoms with Gasteiger partial charge in [-0.1, -0.05) is 61.7 Å². The van der Waals surface area contributed by atoms with Gasteiger partial charge in [-0.3, -0.25) is 4.90 Å². The lowest BCUT2D eigenvalue weighted by Gasteiger charge is -2.36. The van der Waals surface area contributed by atoms with E-state index in [2.05, 4.69) is 60.5 Å². The van der Waals surface area contributed by atoms with Crippen LogP contribution in [0.25, 0.3) is 0 Å². The van der Waals surface area contributed by atoms with E-state index in [1.807, 2.05) is 0 Å². The molecule has 1 aromatic carbocycles. The summed E-state index contributed by atoms with van der Waals surface area (Å²) in [5.74, 6) is 0.547.